The van der Waals surface area contributed by atoms with Gasteiger partial charge in [0.15, 0.2) is 5.16 Å². The Labute approximate surface area is 191 Å². The highest BCUT2D eigenvalue weighted by Crippen LogP contribution is 2.38. The van der Waals surface area contributed by atoms with Crippen LogP contribution in [0.25, 0.3) is 28.2 Å². The van der Waals surface area contributed by atoms with Gasteiger partial charge in [0.2, 0.25) is 5.91 Å². The number of benzene rings is 3. The van der Waals surface area contributed by atoms with Crippen LogP contribution in [0.4, 0.5) is 0 Å². The zero-order valence-electron chi connectivity index (χ0n) is 17.7. The molecule has 6 nitrogen and oxygen atoms in total. The topological polar surface area (TPSA) is 82.2 Å². The highest BCUT2D eigenvalue weighted by Gasteiger charge is 2.22. The van der Waals surface area contributed by atoms with Crippen molar-refractivity contribution >= 4 is 17.7 Å². The molecule has 3 N–H and O–H groups in total. The van der Waals surface area contributed by atoms with Gasteiger partial charge in [-0.1, -0.05) is 72.4 Å². The second kappa shape index (κ2) is 10.2. The van der Waals surface area contributed by atoms with Gasteiger partial charge in [0.05, 0.1) is 23.7 Å². The standard InChI is InChI=1S/C25H24N4O2S/c1-2-31-21-15-13-20(14-16-21)29-24(19-11-7-4-8-12-19)23(18-9-5-3-6-10-18)27-25(29)32-17-22(30)28-26/h3-16H,2,17,26H2,1H3,(H,28,30). The molecule has 3 aromatic carbocycles. The summed E-state index contributed by atoms with van der Waals surface area (Å²) in [6.45, 7) is 2.56. The summed E-state index contributed by atoms with van der Waals surface area (Å²) in [6, 6.07) is 28.1. The minimum absolute atomic E-state index is 0.160. The molecule has 162 valence electrons. The van der Waals surface area contributed by atoms with Gasteiger partial charge in [-0.15, -0.1) is 0 Å². The Kier molecular flexibility index (Phi) is 6.89. The molecule has 4 aromatic rings. The molecule has 1 amide bonds. The van der Waals surface area contributed by atoms with Crippen molar-refractivity contribution in [3.8, 4) is 34.0 Å². The van der Waals surface area contributed by atoms with E-state index in [9.17, 15) is 4.79 Å². The van der Waals surface area contributed by atoms with E-state index in [2.05, 4.69) is 22.1 Å². The van der Waals surface area contributed by atoms with E-state index < -0.39 is 0 Å². The Balaban J connectivity index is 1.93. The summed E-state index contributed by atoms with van der Waals surface area (Å²) in [5, 5.41) is 0.704. The van der Waals surface area contributed by atoms with Crippen LogP contribution in [-0.4, -0.2) is 27.8 Å². The lowest BCUT2D eigenvalue weighted by atomic mass is 10.0. The minimum atomic E-state index is -0.265. The summed E-state index contributed by atoms with van der Waals surface area (Å²) in [5.41, 5.74) is 6.95. The normalized spacial score (nSPS) is 10.7. The Morgan fingerprint density at radius 2 is 1.59 bits per heavy atom. The monoisotopic (exact) mass is 444 g/mol. The van der Waals surface area contributed by atoms with Crippen molar-refractivity contribution in [2.24, 2.45) is 5.84 Å². The summed E-state index contributed by atoms with van der Waals surface area (Å²) in [6.07, 6.45) is 0. The minimum Gasteiger partial charge on any atom is -0.494 e. The van der Waals surface area contributed by atoms with E-state index in [0.717, 1.165) is 34.0 Å². The van der Waals surface area contributed by atoms with Gasteiger partial charge in [-0.25, -0.2) is 10.8 Å². The maximum Gasteiger partial charge on any atom is 0.244 e. The molecule has 0 bridgehead atoms. The van der Waals surface area contributed by atoms with Crippen molar-refractivity contribution in [2.75, 3.05) is 12.4 Å². The first-order chi connectivity index (χ1) is 15.7. The van der Waals surface area contributed by atoms with Crippen LogP contribution in [0.2, 0.25) is 0 Å². The molecule has 0 saturated carbocycles. The molecule has 7 heteroatoms. The number of ether oxygens (including phenoxy) is 1. The molecule has 0 aliphatic rings. The summed E-state index contributed by atoms with van der Waals surface area (Å²) >= 11 is 1.34. The zero-order valence-corrected chi connectivity index (χ0v) is 18.5. The predicted octanol–water partition coefficient (Wildman–Crippen LogP) is 4.69. The van der Waals surface area contributed by atoms with Crippen molar-refractivity contribution in [1.82, 2.24) is 15.0 Å². The Morgan fingerprint density at radius 1 is 0.969 bits per heavy atom. The maximum atomic E-state index is 11.9. The molecule has 0 fully saturated rings. The van der Waals surface area contributed by atoms with Crippen LogP contribution < -0.4 is 16.0 Å². The fourth-order valence-corrected chi connectivity index (χ4v) is 4.25. The summed E-state index contributed by atoms with van der Waals surface area (Å²) in [7, 11) is 0. The van der Waals surface area contributed by atoms with Crippen LogP contribution in [0.1, 0.15) is 6.92 Å². The molecule has 0 atom stereocenters. The first-order valence-corrected chi connectivity index (χ1v) is 11.3. The van der Waals surface area contributed by atoms with Crippen LogP contribution >= 0.6 is 11.8 Å². The fourth-order valence-electron chi connectivity index (χ4n) is 3.43. The van der Waals surface area contributed by atoms with Gasteiger partial charge in [-0.2, -0.15) is 0 Å². The molecule has 1 heterocycles. The molecule has 0 unspecified atom stereocenters. The lowest BCUT2D eigenvalue weighted by Crippen LogP contribution is -2.31. The highest BCUT2D eigenvalue weighted by molar-refractivity contribution is 7.99. The number of aromatic nitrogens is 2. The first kappa shape index (κ1) is 21.7. The number of imidazole rings is 1. The van der Waals surface area contributed by atoms with E-state index in [1.807, 2.05) is 79.7 Å². The molecule has 0 saturated heterocycles. The zero-order chi connectivity index (χ0) is 22.3. The average molecular weight is 445 g/mol. The summed E-state index contributed by atoms with van der Waals surface area (Å²) < 4.78 is 7.70. The third-order valence-electron chi connectivity index (χ3n) is 4.84. The Hall–Kier alpha value is -3.55. The van der Waals surface area contributed by atoms with Gasteiger partial charge in [-0.05, 0) is 31.2 Å². The predicted molar refractivity (Wildman–Crippen MR) is 129 cm³/mol. The number of nitrogens with two attached hydrogens (primary N) is 1. The van der Waals surface area contributed by atoms with Crippen molar-refractivity contribution < 1.29 is 9.53 Å². The van der Waals surface area contributed by atoms with Gasteiger partial charge in [0.25, 0.3) is 0 Å². The number of carbonyl (C=O) groups excluding carboxylic acids is 1. The first-order valence-electron chi connectivity index (χ1n) is 10.3. The number of amides is 1. The van der Waals surface area contributed by atoms with Crippen LogP contribution in [0.15, 0.2) is 90.1 Å². The Morgan fingerprint density at radius 3 is 2.19 bits per heavy atom. The van der Waals surface area contributed by atoms with Gasteiger partial charge in [0.1, 0.15) is 5.75 Å². The van der Waals surface area contributed by atoms with Gasteiger partial charge < -0.3 is 4.74 Å². The molecular formula is C25H24N4O2S. The lowest BCUT2D eigenvalue weighted by molar-refractivity contribution is -0.118. The van der Waals surface area contributed by atoms with Crippen molar-refractivity contribution in [2.45, 2.75) is 12.1 Å². The molecule has 0 aliphatic heterocycles. The van der Waals surface area contributed by atoms with Crippen LogP contribution in [-0.2, 0) is 4.79 Å². The highest BCUT2D eigenvalue weighted by atomic mass is 32.2. The number of nitrogens with one attached hydrogen (secondary N) is 1. The van der Waals surface area contributed by atoms with Crippen LogP contribution in [0.3, 0.4) is 0 Å². The molecule has 0 aliphatic carbocycles. The molecule has 0 radical (unpaired) electrons. The Bertz CT molecular complexity index is 1180. The number of hydrazine groups is 1. The largest absolute Gasteiger partial charge is 0.494 e. The number of hydrogen-bond acceptors (Lipinski definition) is 5. The smallest absolute Gasteiger partial charge is 0.244 e. The van der Waals surface area contributed by atoms with E-state index >= 15 is 0 Å². The second-order valence-electron chi connectivity index (χ2n) is 6.94. The molecule has 0 spiro atoms. The van der Waals surface area contributed by atoms with E-state index in [4.69, 9.17) is 15.6 Å². The average Bonchev–Trinajstić information content (AvgIpc) is 3.24. The number of thioether (sulfide) groups is 1. The molecule has 4 rings (SSSR count). The molecule has 32 heavy (non-hydrogen) atoms. The van der Waals surface area contributed by atoms with E-state index in [-0.39, 0.29) is 11.7 Å². The van der Waals surface area contributed by atoms with Crippen molar-refractivity contribution in [3.63, 3.8) is 0 Å². The van der Waals surface area contributed by atoms with Crippen LogP contribution in [0.5, 0.6) is 5.75 Å². The SMILES string of the molecule is CCOc1ccc(-n2c(SCC(=O)NN)nc(-c3ccccc3)c2-c2ccccc2)cc1. The second-order valence-corrected chi connectivity index (χ2v) is 7.88. The number of hydrogen-bond donors (Lipinski definition) is 2. The van der Waals surface area contributed by atoms with Gasteiger partial charge in [-0.3, -0.25) is 14.8 Å². The third-order valence-corrected chi connectivity index (χ3v) is 5.78. The number of carbonyl (C=O) groups is 1. The molecular weight excluding hydrogens is 420 g/mol. The third kappa shape index (κ3) is 4.69. The van der Waals surface area contributed by atoms with Gasteiger partial charge in [0, 0.05) is 16.8 Å². The van der Waals surface area contributed by atoms with Crippen molar-refractivity contribution in [1.29, 1.82) is 0 Å². The number of rotatable bonds is 8. The van der Waals surface area contributed by atoms with Crippen molar-refractivity contribution in [3.05, 3.63) is 84.9 Å². The van der Waals surface area contributed by atoms with E-state index in [1.54, 1.807) is 0 Å². The number of nitrogens with zero attached hydrogens (tertiary/aromatic N) is 2. The fraction of sp³-hybridized carbons (Fsp3) is 0.120. The van der Waals surface area contributed by atoms with E-state index in [0.29, 0.717) is 11.8 Å². The van der Waals surface area contributed by atoms with Gasteiger partial charge >= 0.3 is 0 Å². The summed E-state index contributed by atoms with van der Waals surface area (Å²) in [5.74, 6) is 5.99. The molecule has 1 aromatic heterocycles. The summed E-state index contributed by atoms with van der Waals surface area (Å²) in [4.78, 5) is 16.8. The lowest BCUT2D eigenvalue weighted by Gasteiger charge is -2.14. The maximum absolute atomic E-state index is 11.9. The quantitative estimate of drug-likeness (QED) is 0.178. The van der Waals surface area contributed by atoms with E-state index in [1.165, 1.54) is 11.8 Å². The van der Waals surface area contributed by atoms with Crippen LogP contribution in [0, 0.1) is 0 Å².